The van der Waals surface area contributed by atoms with Crippen molar-refractivity contribution >= 4 is 26.6 Å². The molecule has 4 rings (SSSR count). The topological polar surface area (TPSA) is 84.8 Å². The molecular weight excluding hydrogens is 324 g/mol. The highest BCUT2D eigenvalue weighted by Gasteiger charge is 2.28. The minimum atomic E-state index is -2.95. The van der Waals surface area contributed by atoms with Crippen molar-refractivity contribution in [2.45, 2.75) is 12.5 Å². The summed E-state index contributed by atoms with van der Waals surface area (Å²) in [6, 6.07) is 11.3. The van der Waals surface area contributed by atoms with E-state index in [9.17, 15) is 8.42 Å². The Morgan fingerprint density at radius 3 is 2.71 bits per heavy atom. The minimum Gasteiger partial charge on any atom is -0.366 e. The van der Waals surface area contributed by atoms with Crippen molar-refractivity contribution in [2.75, 3.05) is 16.8 Å². The van der Waals surface area contributed by atoms with Gasteiger partial charge < -0.3 is 5.32 Å². The Hall–Kier alpha value is -2.54. The number of sulfone groups is 1. The van der Waals surface area contributed by atoms with Gasteiger partial charge in [0.1, 0.15) is 5.82 Å². The summed E-state index contributed by atoms with van der Waals surface area (Å²) < 4.78 is 23.4. The second-order valence-corrected chi connectivity index (χ2v) is 8.13. The first kappa shape index (κ1) is 15.0. The Bertz CT molecular complexity index is 990. The zero-order valence-electron chi connectivity index (χ0n) is 12.9. The summed E-state index contributed by atoms with van der Waals surface area (Å²) in [7, 11) is -2.95. The van der Waals surface area contributed by atoms with Gasteiger partial charge in [-0.25, -0.2) is 18.4 Å². The molecule has 1 N–H and O–H groups in total. The van der Waals surface area contributed by atoms with Crippen molar-refractivity contribution in [2.24, 2.45) is 0 Å². The number of para-hydroxylation sites is 1. The fourth-order valence-electron chi connectivity index (χ4n) is 2.91. The SMILES string of the molecule is O=S1(=O)CCC(Nc2nc(-c3cccnc3)nc3ccccc23)C1. The van der Waals surface area contributed by atoms with Crippen LogP contribution in [0.2, 0.25) is 0 Å². The summed E-state index contributed by atoms with van der Waals surface area (Å²) in [4.78, 5) is 13.3. The van der Waals surface area contributed by atoms with Crippen LogP contribution in [0.5, 0.6) is 0 Å². The quantitative estimate of drug-likeness (QED) is 0.787. The lowest BCUT2D eigenvalue weighted by molar-refractivity contribution is 0.602. The van der Waals surface area contributed by atoms with E-state index in [-0.39, 0.29) is 17.5 Å². The van der Waals surface area contributed by atoms with Crippen molar-refractivity contribution in [3.8, 4) is 11.4 Å². The van der Waals surface area contributed by atoms with Crippen LogP contribution in [0.25, 0.3) is 22.3 Å². The zero-order chi connectivity index (χ0) is 16.6. The molecule has 122 valence electrons. The summed E-state index contributed by atoms with van der Waals surface area (Å²) in [5.74, 6) is 1.61. The van der Waals surface area contributed by atoms with Gasteiger partial charge in [0.05, 0.1) is 17.0 Å². The number of hydrogen-bond acceptors (Lipinski definition) is 6. The molecule has 3 heterocycles. The second kappa shape index (κ2) is 5.83. The highest BCUT2D eigenvalue weighted by molar-refractivity contribution is 7.91. The number of fused-ring (bicyclic) bond motifs is 1. The van der Waals surface area contributed by atoms with E-state index in [1.807, 2.05) is 36.4 Å². The lowest BCUT2D eigenvalue weighted by Crippen LogP contribution is -2.21. The standard InChI is InChI=1S/C17H16N4O2S/c22-24(23)9-7-13(11-24)19-17-14-5-1-2-6-15(14)20-16(21-17)12-4-3-8-18-10-12/h1-6,8,10,13H,7,9,11H2,(H,19,20,21). The average Bonchev–Trinajstić information content (AvgIpc) is 2.94. The lowest BCUT2D eigenvalue weighted by atomic mass is 10.2. The smallest absolute Gasteiger partial charge is 0.163 e. The first-order valence-corrected chi connectivity index (χ1v) is 9.57. The minimum absolute atomic E-state index is 0.116. The molecule has 2 aromatic heterocycles. The van der Waals surface area contributed by atoms with E-state index in [4.69, 9.17) is 0 Å². The van der Waals surface area contributed by atoms with Crippen LogP contribution in [0.1, 0.15) is 6.42 Å². The molecule has 3 aromatic rings. The Kier molecular flexibility index (Phi) is 3.65. The molecular formula is C17H16N4O2S. The van der Waals surface area contributed by atoms with Crippen LogP contribution in [-0.4, -0.2) is 40.9 Å². The van der Waals surface area contributed by atoms with Gasteiger partial charge in [-0.2, -0.15) is 0 Å². The number of anilines is 1. The summed E-state index contributed by atoms with van der Waals surface area (Å²) in [6.07, 6.45) is 4.02. The maximum Gasteiger partial charge on any atom is 0.163 e. The van der Waals surface area contributed by atoms with Crippen molar-refractivity contribution in [3.05, 3.63) is 48.8 Å². The van der Waals surface area contributed by atoms with Gasteiger partial charge in [0.15, 0.2) is 15.7 Å². The van der Waals surface area contributed by atoms with E-state index >= 15 is 0 Å². The molecule has 24 heavy (non-hydrogen) atoms. The third kappa shape index (κ3) is 2.94. The number of nitrogens with one attached hydrogen (secondary N) is 1. The van der Waals surface area contributed by atoms with Gasteiger partial charge in [0, 0.05) is 29.4 Å². The van der Waals surface area contributed by atoms with Gasteiger partial charge in [-0.1, -0.05) is 12.1 Å². The van der Waals surface area contributed by atoms with E-state index < -0.39 is 9.84 Å². The highest BCUT2D eigenvalue weighted by atomic mass is 32.2. The first-order chi connectivity index (χ1) is 11.6. The van der Waals surface area contributed by atoms with Crippen molar-refractivity contribution in [1.82, 2.24) is 15.0 Å². The largest absolute Gasteiger partial charge is 0.366 e. The summed E-state index contributed by atoms with van der Waals surface area (Å²) in [5.41, 5.74) is 1.64. The van der Waals surface area contributed by atoms with Gasteiger partial charge in [-0.05, 0) is 30.7 Å². The molecule has 1 atom stereocenters. The molecule has 0 radical (unpaired) electrons. The first-order valence-electron chi connectivity index (χ1n) is 7.75. The molecule has 6 nitrogen and oxygen atoms in total. The molecule has 1 aliphatic heterocycles. The molecule has 1 aliphatic rings. The van der Waals surface area contributed by atoms with Crippen LogP contribution in [0, 0.1) is 0 Å². The molecule has 1 fully saturated rings. The van der Waals surface area contributed by atoms with E-state index in [0.29, 0.717) is 18.1 Å². The molecule has 0 saturated carbocycles. The molecule has 7 heteroatoms. The summed E-state index contributed by atoms with van der Waals surface area (Å²) in [5, 5.41) is 4.18. The summed E-state index contributed by atoms with van der Waals surface area (Å²) in [6.45, 7) is 0. The molecule has 0 amide bonds. The van der Waals surface area contributed by atoms with E-state index in [0.717, 1.165) is 16.5 Å². The number of nitrogens with zero attached hydrogens (tertiary/aromatic N) is 3. The molecule has 1 saturated heterocycles. The highest BCUT2D eigenvalue weighted by Crippen LogP contribution is 2.26. The van der Waals surface area contributed by atoms with Crippen LogP contribution in [0.15, 0.2) is 48.8 Å². The predicted molar refractivity (Wildman–Crippen MR) is 93.5 cm³/mol. The van der Waals surface area contributed by atoms with E-state index in [1.54, 1.807) is 12.4 Å². The van der Waals surface area contributed by atoms with Crippen LogP contribution >= 0.6 is 0 Å². The van der Waals surface area contributed by atoms with Crippen LogP contribution in [0.3, 0.4) is 0 Å². The van der Waals surface area contributed by atoms with Crippen LogP contribution in [-0.2, 0) is 9.84 Å². The van der Waals surface area contributed by atoms with E-state index in [1.165, 1.54) is 0 Å². The third-order valence-electron chi connectivity index (χ3n) is 4.10. The van der Waals surface area contributed by atoms with Crippen molar-refractivity contribution in [3.63, 3.8) is 0 Å². The molecule has 1 aromatic carbocycles. The number of aromatic nitrogens is 3. The maximum absolute atomic E-state index is 11.7. The predicted octanol–water partition coefficient (Wildman–Crippen LogP) is 2.29. The molecule has 0 bridgehead atoms. The third-order valence-corrected chi connectivity index (χ3v) is 5.86. The monoisotopic (exact) mass is 340 g/mol. The Balaban J connectivity index is 1.78. The number of benzene rings is 1. The maximum atomic E-state index is 11.7. The van der Waals surface area contributed by atoms with Gasteiger partial charge in [-0.15, -0.1) is 0 Å². The fraction of sp³-hybridized carbons (Fsp3) is 0.235. The zero-order valence-corrected chi connectivity index (χ0v) is 13.7. The molecule has 0 spiro atoms. The van der Waals surface area contributed by atoms with Gasteiger partial charge in [0.2, 0.25) is 0 Å². The second-order valence-electron chi connectivity index (χ2n) is 5.90. The number of hydrogen-bond donors (Lipinski definition) is 1. The Labute approximate surface area is 139 Å². The Morgan fingerprint density at radius 2 is 1.96 bits per heavy atom. The van der Waals surface area contributed by atoms with Crippen molar-refractivity contribution < 1.29 is 8.42 Å². The fourth-order valence-corrected chi connectivity index (χ4v) is 4.59. The van der Waals surface area contributed by atoms with Crippen LogP contribution < -0.4 is 5.32 Å². The van der Waals surface area contributed by atoms with Crippen LogP contribution in [0.4, 0.5) is 5.82 Å². The molecule has 1 unspecified atom stereocenters. The molecule has 0 aliphatic carbocycles. The van der Waals surface area contributed by atoms with Crippen molar-refractivity contribution in [1.29, 1.82) is 0 Å². The van der Waals surface area contributed by atoms with Gasteiger partial charge in [0.25, 0.3) is 0 Å². The average molecular weight is 340 g/mol. The van der Waals surface area contributed by atoms with Gasteiger partial charge in [-0.3, -0.25) is 4.98 Å². The normalized spacial score (nSPS) is 19.4. The van der Waals surface area contributed by atoms with E-state index in [2.05, 4.69) is 20.3 Å². The Morgan fingerprint density at radius 1 is 1.08 bits per heavy atom. The number of pyridine rings is 1. The van der Waals surface area contributed by atoms with Gasteiger partial charge >= 0.3 is 0 Å². The lowest BCUT2D eigenvalue weighted by Gasteiger charge is -2.14. The summed E-state index contributed by atoms with van der Waals surface area (Å²) >= 11 is 0. The number of rotatable bonds is 3.